The minimum atomic E-state index is -1.39. The number of urea groups is 1. The number of benzene rings is 2. The van der Waals surface area contributed by atoms with Gasteiger partial charge in [0.15, 0.2) is 0 Å². The van der Waals surface area contributed by atoms with Gasteiger partial charge in [0.1, 0.15) is 27.9 Å². The highest BCUT2D eigenvalue weighted by Crippen LogP contribution is 2.51. The number of pyridine rings is 1. The Bertz CT molecular complexity index is 1530. The first kappa shape index (κ1) is 28.0. The molecule has 42 heavy (non-hydrogen) atoms. The van der Waals surface area contributed by atoms with Crippen LogP contribution in [0.5, 0.6) is 11.5 Å². The Labute approximate surface area is 246 Å². The summed E-state index contributed by atoms with van der Waals surface area (Å²) in [5.74, 6) is 0.711. The van der Waals surface area contributed by atoms with Crippen LogP contribution in [0.1, 0.15) is 23.6 Å². The molecule has 0 aliphatic carbocycles. The number of anilines is 2. The van der Waals surface area contributed by atoms with Crippen molar-refractivity contribution in [2.75, 3.05) is 31.7 Å². The molecule has 2 N–H and O–H groups in total. The average molecular weight is 592 g/mol. The van der Waals surface area contributed by atoms with E-state index in [0.717, 1.165) is 11.1 Å². The van der Waals surface area contributed by atoms with Crippen molar-refractivity contribution in [2.24, 2.45) is 0 Å². The van der Waals surface area contributed by atoms with Gasteiger partial charge in [0, 0.05) is 25.4 Å². The van der Waals surface area contributed by atoms with Gasteiger partial charge in [-0.1, -0.05) is 30.0 Å². The van der Waals surface area contributed by atoms with E-state index in [4.69, 9.17) is 9.47 Å². The molecular weight excluding hydrogens is 561 g/mol. The molecule has 0 radical (unpaired) electrons. The van der Waals surface area contributed by atoms with Crippen molar-refractivity contribution >= 4 is 41.0 Å². The zero-order valence-corrected chi connectivity index (χ0v) is 23.9. The maximum atomic E-state index is 14.8. The van der Waals surface area contributed by atoms with Gasteiger partial charge in [-0.3, -0.25) is 14.5 Å². The molecule has 218 valence electrons. The Hall–Kier alpha value is -4.16. The number of nitrogens with zero attached hydrogens (tertiary/aromatic N) is 3. The molecule has 1 saturated heterocycles. The van der Waals surface area contributed by atoms with Gasteiger partial charge in [0.25, 0.3) is 0 Å². The van der Waals surface area contributed by atoms with Crippen molar-refractivity contribution in [3.8, 4) is 11.5 Å². The van der Waals surface area contributed by atoms with Crippen LogP contribution in [-0.4, -0.2) is 72.0 Å². The van der Waals surface area contributed by atoms with E-state index in [2.05, 4.69) is 15.6 Å². The van der Waals surface area contributed by atoms with Crippen molar-refractivity contribution in [2.45, 2.75) is 41.9 Å². The number of hydrogen-bond donors (Lipinski definition) is 2. The molecule has 1 fully saturated rings. The lowest BCUT2D eigenvalue weighted by Gasteiger charge is -2.35. The molecule has 0 spiro atoms. The summed E-state index contributed by atoms with van der Waals surface area (Å²) in [6.45, 7) is 2.15. The molecular formula is C30H30FN5O5S. The molecule has 12 heteroatoms. The Balaban J connectivity index is 1.20. The number of aryl methyl sites for hydroxylation is 1. The summed E-state index contributed by atoms with van der Waals surface area (Å²) < 4.78 is 25.7. The average Bonchev–Trinajstić information content (AvgIpc) is 3.54. The summed E-state index contributed by atoms with van der Waals surface area (Å²) >= 11 is 1.24. The molecule has 4 amide bonds. The summed E-state index contributed by atoms with van der Waals surface area (Å²) in [4.78, 5) is 46.8. The normalized spacial score (nSPS) is 22.5. The van der Waals surface area contributed by atoms with Gasteiger partial charge in [0.2, 0.25) is 11.8 Å². The fourth-order valence-corrected chi connectivity index (χ4v) is 6.78. The molecule has 3 aliphatic rings. The number of alkyl halides is 1. The van der Waals surface area contributed by atoms with E-state index >= 15 is 0 Å². The zero-order valence-electron chi connectivity index (χ0n) is 23.1. The molecule has 0 saturated carbocycles. The molecule has 0 bridgehead atoms. The highest BCUT2D eigenvalue weighted by molar-refractivity contribution is 8.01. The van der Waals surface area contributed by atoms with Gasteiger partial charge in [-0.05, 0) is 48.9 Å². The maximum Gasteiger partial charge on any atom is 0.327 e. The van der Waals surface area contributed by atoms with Crippen molar-refractivity contribution < 1.29 is 28.2 Å². The predicted octanol–water partition coefficient (Wildman–Crippen LogP) is 4.26. The quantitative estimate of drug-likeness (QED) is 0.403. The van der Waals surface area contributed by atoms with Crippen LogP contribution in [-0.2, 0) is 14.3 Å². The van der Waals surface area contributed by atoms with Crippen LogP contribution in [0.4, 0.5) is 20.6 Å². The Morgan fingerprint density at radius 1 is 1.12 bits per heavy atom. The van der Waals surface area contributed by atoms with Crippen LogP contribution in [0.3, 0.4) is 0 Å². The number of carbonyl (C=O) groups is 3. The number of carbonyl (C=O) groups excluding carboxylic acids is 3. The van der Waals surface area contributed by atoms with Crippen LogP contribution < -0.4 is 20.3 Å². The Kier molecular flexibility index (Phi) is 7.74. The van der Waals surface area contributed by atoms with Crippen molar-refractivity contribution in [1.82, 2.24) is 20.5 Å². The van der Waals surface area contributed by atoms with Gasteiger partial charge in [0.05, 0.1) is 43.0 Å². The second kappa shape index (κ2) is 11.6. The van der Waals surface area contributed by atoms with Crippen LogP contribution in [0, 0.1) is 6.92 Å². The summed E-state index contributed by atoms with van der Waals surface area (Å²) in [6.07, 6.45) is 0.375. The third-order valence-corrected chi connectivity index (χ3v) is 8.89. The summed E-state index contributed by atoms with van der Waals surface area (Å²) in [7, 11) is 1.50. The van der Waals surface area contributed by atoms with E-state index in [1.807, 2.05) is 49.4 Å². The fourth-order valence-electron chi connectivity index (χ4n) is 5.55. The van der Waals surface area contributed by atoms with Crippen LogP contribution >= 0.6 is 11.8 Å². The van der Waals surface area contributed by atoms with Gasteiger partial charge in [-0.2, -0.15) is 0 Å². The number of aromatic nitrogens is 1. The number of likely N-dealkylation sites (tertiary alicyclic amines) is 1. The van der Waals surface area contributed by atoms with E-state index in [0.29, 0.717) is 27.9 Å². The SMILES string of the molecule is COCCC(=O)N1C[C@@H](F)[C@@H](NC(=O)C2Sc3nccc4c3C2NC(=O)N4c2ccc(Oc3ccccc3)cc2C)C1. The lowest BCUT2D eigenvalue weighted by molar-refractivity contribution is -0.131. The molecule has 6 rings (SSSR count). The third-order valence-electron chi connectivity index (χ3n) is 7.60. The number of para-hydroxylation sites is 1. The van der Waals surface area contributed by atoms with Gasteiger partial charge >= 0.3 is 6.03 Å². The fraction of sp³-hybridized carbons (Fsp3) is 0.333. The molecule has 3 aromatic rings. The second-order valence-electron chi connectivity index (χ2n) is 10.4. The summed E-state index contributed by atoms with van der Waals surface area (Å²) in [5, 5.41) is 5.65. The zero-order chi connectivity index (χ0) is 29.4. The molecule has 2 unspecified atom stereocenters. The maximum absolute atomic E-state index is 14.8. The number of amides is 4. The number of hydrogen-bond acceptors (Lipinski definition) is 7. The van der Waals surface area contributed by atoms with Crippen LogP contribution in [0.15, 0.2) is 65.8 Å². The second-order valence-corrected chi connectivity index (χ2v) is 11.5. The number of halogens is 1. The number of ether oxygens (including phenoxy) is 2. The summed E-state index contributed by atoms with van der Waals surface area (Å²) in [5.41, 5.74) is 2.87. The van der Waals surface area contributed by atoms with Crippen LogP contribution in [0.25, 0.3) is 0 Å². The third kappa shape index (κ3) is 5.27. The molecule has 4 heterocycles. The summed E-state index contributed by atoms with van der Waals surface area (Å²) in [6, 6.07) is 14.8. The van der Waals surface area contributed by atoms with E-state index < -0.39 is 29.4 Å². The predicted molar refractivity (Wildman–Crippen MR) is 155 cm³/mol. The van der Waals surface area contributed by atoms with E-state index in [1.165, 1.54) is 23.8 Å². The standard InChI is InChI=1S/C30H30FN5O5S/c1-17-14-19(41-18-6-4-3-5-7-18)8-9-22(17)36-23-10-12-32-29-25(23)26(34-30(36)39)27(42-29)28(38)33-21-16-35(15-20(21)31)24(37)11-13-40-2/h3-10,12,14,20-21,26-27H,11,13,15-16H2,1-2H3,(H,33,38)(H,34,39)/t20-,21+,26?,27?/m1/s1. The first-order chi connectivity index (χ1) is 20.3. The number of nitrogens with one attached hydrogen (secondary N) is 2. The van der Waals surface area contributed by atoms with Gasteiger partial charge < -0.3 is 25.0 Å². The van der Waals surface area contributed by atoms with Crippen molar-refractivity contribution in [3.05, 3.63) is 71.9 Å². The van der Waals surface area contributed by atoms with Crippen molar-refractivity contribution in [3.63, 3.8) is 0 Å². The largest absolute Gasteiger partial charge is 0.457 e. The Morgan fingerprint density at radius 2 is 1.93 bits per heavy atom. The smallest absolute Gasteiger partial charge is 0.327 e. The van der Waals surface area contributed by atoms with Gasteiger partial charge in [-0.15, -0.1) is 0 Å². The van der Waals surface area contributed by atoms with Gasteiger partial charge in [-0.25, -0.2) is 14.2 Å². The highest BCUT2D eigenvalue weighted by atomic mass is 32.2. The van der Waals surface area contributed by atoms with E-state index in [9.17, 15) is 18.8 Å². The molecule has 10 nitrogen and oxygen atoms in total. The molecule has 4 atom stereocenters. The lowest BCUT2D eigenvalue weighted by Crippen LogP contribution is -2.51. The first-order valence-corrected chi connectivity index (χ1v) is 14.5. The minimum absolute atomic E-state index is 0.0807. The van der Waals surface area contributed by atoms with Crippen molar-refractivity contribution in [1.29, 1.82) is 0 Å². The Morgan fingerprint density at radius 3 is 2.69 bits per heavy atom. The van der Waals surface area contributed by atoms with E-state index in [-0.39, 0.29) is 38.1 Å². The highest BCUT2D eigenvalue weighted by Gasteiger charge is 2.48. The lowest BCUT2D eigenvalue weighted by atomic mass is 9.99. The van der Waals surface area contributed by atoms with Crippen LogP contribution in [0.2, 0.25) is 0 Å². The number of rotatable bonds is 8. The minimum Gasteiger partial charge on any atom is -0.457 e. The number of methoxy groups -OCH3 is 1. The monoisotopic (exact) mass is 591 g/mol. The van der Waals surface area contributed by atoms with E-state index in [1.54, 1.807) is 23.2 Å². The first-order valence-electron chi connectivity index (χ1n) is 13.6. The molecule has 2 aromatic carbocycles. The topological polar surface area (TPSA) is 113 Å². The number of thioether (sulfide) groups is 1. The molecule has 3 aliphatic heterocycles. The molecule has 1 aromatic heterocycles.